The number of hydrogen-bond donors (Lipinski definition) is 1. The Morgan fingerprint density at radius 2 is 2.39 bits per heavy atom. The van der Waals surface area contributed by atoms with E-state index in [1.54, 1.807) is 0 Å². The van der Waals surface area contributed by atoms with Crippen LogP contribution >= 0.6 is 0 Å². The standard InChI is InChI=1S/C21H30O2/c1-5-6-7-8-15-12-18(22)20-16-11-14(2)9-10-17(16)21(3,4)23-19(20)13-15/h11-13,16-17,22H,5-10H2,1-4H3/t16-,17-/m1/s1/i1D3,2D3,3D3,4D3,5D2,6D2,7D2,8D2,9D2,12D,13D. The van der Waals surface area contributed by atoms with Gasteiger partial charge in [0.05, 0.1) is 2.74 Å². The quantitative estimate of drug-likeness (QED) is 0.710. The molecule has 2 nitrogen and oxygen atoms in total. The highest BCUT2D eigenvalue weighted by molar-refractivity contribution is 5.53. The van der Waals surface area contributed by atoms with E-state index < -0.39 is 123 Å². The van der Waals surface area contributed by atoms with E-state index in [1.807, 2.05) is 0 Å². The molecule has 0 radical (unpaired) electrons. The predicted molar refractivity (Wildman–Crippen MR) is 95.3 cm³/mol. The first-order valence-electron chi connectivity index (χ1n) is 18.7. The number of ether oxygens (including phenoxy) is 1. The lowest BCUT2D eigenvalue weighted by Gasteiger charge is -2.46. The third-order valence-electron chi connectivity index (χ3n) is 3.70. The summed E-state index contributed by atoms with van der Waals surface area (Å²) in [6, 6.07) is -3.00. The summed E-state index contributed by atoms with van der Waals surface area (Å²) < 4.78 is 200. The van der Waals surface area contributed by atoms with Crippen molar-refractivity contribution in [3.05, 3.63) is 34.9 Å². The molecule has 126 valence electrons. The molecule has 1 aromatic rings. The molecule has 0 fully saturated rings. The van der Waals surface area contributed by atoms with Crippen molar-refractivity contribution in [3.63, 3.8) is 0 Å². The van der Waals surface area contributed by atoms with Crippen LogP contribution in [0.15, 0.2) is 23.7 Å². The highest BCUT2D eigenvalue weighted by atomic mass is 16.5. The molecular weight excluding hydrogens is 284 g/mol. The Balaban J connectivity index is 2.56. The number of benzene rings is 1. The van der Waals surface area contributed by atoms with Gasteiger partial charge in [0.25, 0.3) is 0 Å². The minimum absolute atomic E-state index is 0.629. The molecule has 1 aliphatic heterocycles. The Kier molecular flexibility index (Phi) is 1.09. The fourth-order valence-electron chi connectivity index (χ4n) is 2.70. The average Bonchev–Trinajstić information content (AvgIpc) is 2.82. The third-order valence-corrected chi connectivity index (χ3v) is 3.70. The largest absolute Gasteiger partial charge is 0.507 e. The molecular formula is C21H30O2. The van der Waals surface area contributed by atoms with E-state index in [0.717, 1.165) is 0 Å². The van der Waals surface area contributed by atoms with Gasteiger partial charge >= 0.3 is 0 Å². The van der Waals surface area contributed by atoms with Crippen LogP contribution in [0.2, 0.25) is 0 Å². The van der Waals surface area contributed by atoms with Gasteiger partial charge in [0.15, 0.2) is 0 Å². The van der Waals surface area contributed by atoms with E-state index in [-0.39, 0.29) is 0 Å². The minimum atomic E-state index is -4.30. The second-order valence-electron chi connectivity index (χ2n) is 5.15. The molecule has 1 heterocycles. The highest BCUT2D eigenvalue weighted by Gasteiger charge is 2.45. The summed E-state index contributed by atoms with van der Waals surface area (Å²) in [6.07, 6.45) is -20.2. The van der Waals surface area contributed by atoms with Crippen LogP contribution in [0.1, 0.15) is 109 Å². The SMILES string of the molecule is [2H]c1c(O)c2c(c([2H])c1C([2H])([2H])C([2H])([2H])C([2H])([2H])C([2H])([2H])C([2H])([2H])[2H])OC(C([2H])([2H])[2H])(C([2H])([2H])[2H])[C@@H]1CC([2H])([2H])C(C([2H])([2H])[2H])=C[C@@H]21. The zero-order chi connectivity index (χ0) is 37.3. The Bertz CT molecular complexity index is 1440. The molecule has 23 heavy (non-hydrogen) atoms. The molecule has 0 amide bonds. The lowest BCUT2D eigenvalue weighted by atomic mass is 9.68. The summed E-state index contributed by atoms with van der Waals surface area (Å²) in [5.74, 6) is -6.67. The maximum Gasteiger partial charge on any atom is 0.127 e. The summed E-state index contributed by atoms with van der Waals surface area (Å²) >= 11 is 0. The van der Waals surface area contributed by atoms with Crippen molar-refractivity contribution in [2.75, 3.05) is 0 Å². The first-order chi connectivity index (χ1) is 20.4. The smallest absolute Gasteiger partial charge is 0.127 e. The van der Waals surface area contributed by atoms with E-state index >= 15 is 0 Å². The van der Waals surface area contributed by atoms with Gasteiger partial charge in [-0.3, -0.25) is 0 Å². The molecule has 2 atom stereocenters. The Morgan fingerprint density at radius 1 is 1.48 bits per heavy atom. The van der Waals surface area contributed by atoms with Crippen molar-refractivity contribution in [3.8, 4) is 11.5 Å². The fourth-order valence-corrected chi connectivity index (χ4v) is 2.70. The number of rotatable bonds is 4. The molecule has 0 unspecified atom stereocenters. The van der Waals surface area contributed by atoms with Crippen molar-refractivity contribution < 1.29 is 42.7 Å². The zero-order valence-electron chi connectivity index (χ0n) is 35.8. The molecule has 3 rings (SSSR count). The van der Waals surface area contributed by atoms with Crippen LogP contribution in [0.4, 0.5) is 0 Å². The molecule has 2 heteroatoms. The fraction of sp³-hybridized carbons (Fsp3) is 0.619. The van der Waals surface area contributed by atoms with Crippen LogP contribution in [0, 0.1) is 5.92 Å². The van der Waals surface area contributed by atoms with E-state index in [4.69, 9.17) is 37.6 Å². The van der Waals surface area contributed by atoms with Gasteiger partial charge in [-0.2, -0.15) is 0 Å². The van der Waals surface area contributed by atoms with Crippen molar-refractivity contribution in [2.45, 2.75) is 77.2 Å². The van der Waals surface area contributed by atoms with Crippen LogP contribution in [-0.4, -0.2) is 10.7 Å². The number of allylic oxidation sites excluding steroid dienone is 2. The van der Waals surface area contributed by atoms with Gasteiger partial charge in [-0.05, 0) is 63.7 Å². The summed E-state index contributed by atoms with van der Waals surface area (Å²) in [6.45, 7) is -14.6. The maximum atomic E-state index is 11.3. The highest BCUT2D eigenvalue weighted by Crippen LogP contribution is 2.53. The molecule has 2 aliphatic rings. The molecule has 0 bridgehead atoms. The van der Waals surface area contributed by atoms with Gasteiger partial charge in [-0.1, -0.05) is 31.2 Å². The third kappa shape index (κ3) is 3.13. The van der Waals surface area contributed by atoms with E-state index in [2.05, 4.69) is 0 Å². The topological polar surface area (TPSA) is 29.5 Å². The molecule has 0 saturated carbocycles. The van der Waals surface area contributed by atoms with Crippen molar-refractivity contribution in [2.24, 2.45) is 5.92 Å². The molecule has 1 N–H and O–H groups in total. The Labute approximate surface area is 174 Å². The Morgan fingerprint density at radius 3 is 3.17 bits per heavy atom. The van der Waals surface area contributed by atoms with E-state index in [9.17, 15) is 5.11 Å². The van der Waals surface area contributed by atoms with Gasteiger partial charge in [0.2, 0.25) is 0 Å². The van der Waals surface area contributed by atoms with Crippen LogP contribution in [0.3, 0.4) is 0 Å². The number of phenols is 1. The zero-order valence-corrected chi connectivity index (χ0v) is 11.8. The summed E-state index contributed by atoms with van der Waals surface area (Å²) in [7, 11) is 0. The lowest BCUT2D eigenvalue weighted by Crippen LogP contribution is -2.45. The molecule has 1 aromatic carbocycles. The van der Waals surface area contributed by atoms with E-state index in [1.165, 1.54) is 0 Å². The second kappa shape index (κ2) is 6.22. The van der Waals surface area contributed by atoms with Crippen LogP contribution in [0.25, 0.3) is 0 Å². The lowest BCUT2D eigenvalue weighted by molar-refractivity contribution is 0.0107. The molecule has 0 spiro atoms. The van der Waals surface area contributed by atoms with Crippen LogP contribution in [-0.2, 0) is 6.37 Å². The first-order valence-corrected chi connectivity index (χ1v) is 6.68. The summed E-state index contributed by atoms with van der Waals surface area (Å²) in [4.78, 5) is 0. The predicted octanol–water partition coefficient (Wildman–Crippen LogP) is 5.74. The average molecular weight is 339 g/mol. The van der Waals surface area contributed by atoms with Gasteiger partial charge in [0, 0.05) is 47.6 Å². The molecule has 0 aromatic heterocycles. The van der Waals surface area contributed by atoms with Gasteiger partial charge in [-0.15, -0.1) is 0 Å². The van der Waals surface area contributed by atoms with Crippen molar-refractivity contribution >= 4 is 0 Å². The van der Waals surface area contributed by atoms with Crippen LogP contribution in [0.5, 0.6) is 11.5 Å². The van der Waals surface area contributed by atoms with Gasteiger partial charge in [-0.25, -0.2) is 0 Å². The maximum absolute atomic E-state index is 11.3. The summed E-state index contributed by atoms with van der Waals surface area (Å²) in [5, 5.41) is 11.3. The first kappa shape index (κ1) is 4.03. The monoisotopic (exact) mass is 338 g/mol. The summed E-state index contributed by atoms with van der Waals surface area (Å²) in [5.41, 5.74) is -6.88. The van der Waals surface area contributed by atoms with Gasteiger partial charge < -0.3 is 9.84 Å². The number of hydrogen-bond acceptors (Lipinski definition) is 2. The number of aromatic hydroxyl groups is 1. The number of phenolic OH excluding ortho intramolecular Hbond substituents is 1. The normalized spacial score (nSPS) is 47.4. The Hall–Kier alpha value is -1.44. The number of fused-ring (bicyclic) bond motifs is 3. The van der Waals surface area contributed by atoms with Gasteiger partial charge in [0.1, 0.15) is 17.1 Å². The molecule has 1 aliphatic carbocycles. The second-order valence-corrected chi connectivity index (χ2v) is 5.15. The van der Waals surface area contributed by atoms with Crippen LogP contribution < -0.4 is 4.74 Å². The van der Waals surface area contributed by atoms with E-state index in [0.29, 0.717) is 6.08 Å². The molecule has 0 saturated heterocycles. The minimum Gasteiger partial charge on any atom is -0.507 e. The van der Waals surface area contributed by atoms with Crippen molar-refractivity contribution in [1.29, 1.82) is 0 Å². The van der Waals surface area contributed by atoms with Crippen molar-refractivity contribution in [1.82, 2.24) is 0 Å².